The Labute approximate surface area is 115 Å². The highest BCUT2D eigenvalue weighted by Crippen LogP contribution is 2.40. The summed E-state index contributed by atoms with van der Waals surface area (Å²) in [5, 5.41) is 10.1. The van der Waals surface area contributed by atoms with E-state index in [0.29, 0.717) is 12.2 Å². The van der Waals surface area contributed by atoms with Gasteiger partial charge >= 0.3 is 0 Å². The first-order valence-corrected chi connectivity index (χ1v) is 6.50. The molecule has 2 N–H and O–H groups in total. The first kappa shape index (κ1) is 11.2. The fourth-order valence-corrected chi connectivity index (χ4v) is 2.67. The highest BCUT2D eigenvalue weighted by Gasteiger charge is 2.33. The Hall–Kier alpha value is -2.69. The van der Waals surface area contributed by atoms with Crippen molar-refractivity contribution in [3.63, 3.8) is 0 Å². The van der Waals surface area contributed by atoms with Crippen molar-refractivity contribution >= 4 is 17.3 Å². The third kappa shape index (κ3) is 1.60. The van der Waals surface area contributed by atoms with Crippen LogP contribution in [0.15, 0.2) is 42.6 Å². The number of hydrogen-bond donors (Lipinski definition) is 2. The fourth-order valence-electron chi connectivity index (χ4n) is 2.67. The molecule has 0 bridgehead atoms. The zero-order valence-corrected chi connectivity index (χ0v) is 10.6. The van der Waals surface area contributed by atoms with E-state index in [-0.39, 0.29) is 11.8 Å². The van der Waals surface area contributed by atoms with Crippen molar-refractivity contribution in [2.24, 2.45) is 0 Å². The maximum Gasteiger partial charge on any atom is 0.226 e. The van der Waals surface area contributed by atoms with Gasteiger partial charge in [-0.1, -0.05) is 24.3 Å². The van der Waals surface area contributed by atoms with Crippen LogP contribution in [0.5, 0.6) is 0 Å². The molecule has 3 heterocycles. The summed E-state index contributed by atoms with van der Waals surface area (Å²) in [6, 6.07) is 5.77. The van der Waals surface area contributed by atoms with Crippen LogP contribution in [0.1, 0.15) is 29.3 Å². The minimum atomic E-state index is -0.0522. The van der Waals surface area contributed by atoms with Crippen LogP contribution in [0.4, 0.5) is 5.82 Å². The molecule has 0 saturated heterocycles. The first-order valence-electron chi connectivity index (χ1n) is 6.50. The van der Waals surface area contributed by atoms with Crippen molar-refractivity contribution in [2.75, 3.05) is 5.32 Å². The van der Waals surface area contributed by atoms with E-state index in [0.717, 1.165) is 22.5 Å². The molecule has 0 fully saturated rings. The van der Waals surface area contributed by atoms with Gasteiger partial charge in [-0.3, -0.25) is 14.9 Å². The van der Waals surface area contributed by atoms with Crippen LogP contribution in [-0.2, 0) is 4.79 Å². The van der Waals surface area contributed by atoms with Crippen molar-refractivity contribution in [2.45, 2.75) is 12.3 Å². The first-order chi connectivity index (χ1) is 9.83. The lowest BCUT2D eigenvalue weighted by Gasteiger charge is -2.23. The number of rotatable bonds is 2. The number of anilines is 1. The van der Waals surface area contributed by atoms with E-state index in [1.165, 1.54) is 0 Å². The Morgan fingerprint density at radius 2 is 2.20 bits per heavy atom. The molecular weight excluding hydrogens is 252 g/mol. The molecule has 0 aromatic carbocycles. The molecule has 5 nitrogen and oxygen atoms in total. The number of hydrogen-bond acceptors (Lipinski definition) is 3. The summed E-state index contributed by atoms with van der Waals surface area (Å²) in [6.45, 7) is 0. The van der Waals surface area contributed by atoms with Crippen LogP contribution < -0.4 is 5.32 Å². The number of aromatic nitrogens is 3. The Morgan fingerprint density at radius 3 is 2.90 bits per heavy atom. The smallest absolute Gasteiger partial charge is 0.226 e. The Balaban J connectivity index is 1.86. The lowest BCUT2D eigenvalue weighted by molar-refractivity contribution is -0.116. The van der Waals surface area contributed by atoms with Crippen molar-refractivity contribution in [1.82, 2.24) is 15.2 Å². The topological polar surface area (TPSA) is 70.7 Å². The molecular formula is C15H12N4O. The predicted octanol–water partition coefficient (Wildman–Crippen LogP) is 2.23. The SMILES string of the molecule is O=C1CC(c2ccccn2)c2c(n[nH]c2C2=CC=C2)N1. The second-order valence-corrected chi connectivity index (χ2v) is 4.90. The lowest BCUT2D eigenvalue weighted by atomic mass is 9.86. The third-order valence-corrected chi connectivity index (χ3v) is 3.68. The zero-order valence-electron chi connectivity index (χ0n) is 10.6. The van der Waals surface area contributed by atoms with Crippen molar-refractivity contribution in [3.8, 4) is 0 Å². The molecule has 1 aliphatic heterocycles. The van der Waals surface area contributed by atoms with Gasteiger partial charge in [0.25, 0.3) is 0 Å². The molecule has 1 atom stereocenters. The molecule has 1 amide bonds. The molecule has 2 aromatic heterocycles. The van der Waals surface area contributed by atoms with Crippen LogP contribution in [0.25, 0.3) is 5.57 Å². The van der Waals surface area contributed by atoms with Gasteiger partial charge < -0.3 is 5.32 Å². The third-order valence-electron chi connectivity index (χ3n) is 3.68. The fraction of sp³-hybridized carbons (Fsp3) is 0.133. The Morgan fingerprint density at radius 1 is 1.30 bits per heavy atom. The van der Waals surface area contributed by atoms with E-state index in [2.05, 4.69) is 20.5 Å². The minimum Gasteiger partial charge on any atom is -0.309 e. The van der Waals surface area contributed by atoms with Gasteiger partial charge in [-0.25, -0.2) is 0 Å². The zero-order chi connectivity index (χ0) is 13.5. The van der Waals surface area contributed by atoms with Gasteiger partial charge in [0, 0.05) is 29.8 Å². The number of carbonyl (C=O) groups excluding carboxylic acids is 1. The molecule has 2 aliphatic rings. The van der Waals surface area contributed by atoms with Crippen LogP contribution in [0.2, 0.25) is 0 Å². The number of nitrogens with zero attached hydrogens (tertiary/aromatic N) is 2. The number of carbonyl (C=O) groups is 1. The Kier molecular flexibility index (Phi) is 2.32. The Bertz CT molecular complexity index is 742. The minimum absolute atomic E-state index is 0.0238. The summed E-state index contributed by atoms with van der Waals surface area (Å²) >= 11 is 0. The molecule has 1 unspecified atom stereocenters. The molecule has 4 rings (SSSR count). The van der Waals surface area contributed by atoms with E-state index in [1.54, 1.807) is 6.20 Å². The molecule has 1 aliphatic carbocycles. The average molecular weight is 264 g/mol. The van der Waals surface area contributed by atoms with E-state index in [4.69, 9.17) is 0 Å². The second kappa shape index (κ2) is 4.16. The maximum atomic E-state index is 11.9. The summed E-state index contributed by atoms with van der Waals surface area (Å²) in [7, 11) is 0. The van der Waals surface area contributed by atoms with Crippen LogP contribution in [-0.4, -0.2) is 21.1 Å². The number of fused-ring (bicyclic) bond motifs is 1. The summed E-state index contributed by atoms with van der Waals surface area (Å²) in [5.41, 5.74) is 4.00. The highest BCUT2D eigenvalue weighted by molar-refractivity contribution is 5.96. The van der Waals surface area contributed by atoms with Crippen molar-refractivity contribution in [3.05, 3.63) is 59.6 Å². The molecule has 98 valence electrons. The van der Waals surface area contributed by atoms with E-state index in [9.17, 15) is 4.79 Å². The van der Waals surface area contributed by atoms with Gasteiger partial charge in [0.1, 0.15) is 0 Å². The summed E-state index contributed by atoms with van der Waals surface area (Å²) < 4.78 is 0. The second-order valence-electron chi connectivity index (χ2n) is 4.90. The number of nitrogens with one attached hydrogen (secondary N) is 2. The van der Waals surface area contributed by atoms with Crippen LogP contribution >= 0.6 is 0 Å². The molecule has 0 spiro atoms. The number of aromatic amines is 1. The van der Waals surface area contributed by atoms with Gasteiger partial charge in [-0.15, -0.1) is 0 Å². The monoisotopic (exact) mass is 264 g/mol. The standard InChI is InChI=1S/C15H12N4O/c20-12-8-10(11-6-1-2-7-16-11)13-14(9-4-3-5-9)18-19-15(13)17-12/h1-7,10H,8H2,(H2,17,18,19,20). The number of allylic oxidation sites excluding steroid dienone is 4. The average Bonchev–Trinajstić information content (AvgIpc) is 2.80. The molecule has 2 aromatic rings. The summed E-state index contributed by atoms with van der Waals surface area (Å²) in [6.07, 6.45) is 8.19. The van der Waals surface area contributed by atoms with Gasteiger partial charge in [0.05, 0.1) is 5.69 Å². The number of H-pyrrole nitrogens is 1. The summed E-state index contributed by atoms with van der Waals surface area (Å²) in [5.74, 6) is 0.543. The number of pyridine rings is 1. The summed E-state index contributed by atoms with van der Waals surface area (Å²) in [4.78, 5) is 16.3. The maximum absolute atomic E-state index is 11.9. The quantitative estimate of drug-likeness (QED) is 0.873. The van der Waals surface area contributed by atoms with E-state index >= 15 is 0 Å². The van der Waals surface area contributed by atoms with Gasteiger partial charge in [0.2, 0.25) is 5.91 Å². The van der Waals surface area contributed by atoms with Crippen molar-refractivity contribution in [1.29, 1.82) is 0 Å². The molecule has 0 saturated carbocycles. The van der Waals surface area contributed by atoms with E-state index in [1.807, 2.05) is 36.4 Å². The predicted molar refractivity (Wildman–Crippen MR) is 75.0 cm³/mol. The normalized spacial score (nSPS) is 19.9. The molecule has 0 radical (unpaired) electrons. The lowest BCUT2D eigenvalue weighted by Crippen LogP contribution is -2.24. The van der Waals surface area contributed by atoms with E-state index < -0.39 is 0 Å². The number of amides is 1. The van der Waals surface area contributed by atoms with Crippen LogP contribution in [0, 0.1) is 0 Å². The molecule has 5 heteroatoms. The highest BCUT2D eigenvalue weighted by atomic mass is 16.1. The van der Waals surface area contributed by atoms with Gasteiger partial charge in [-0.05, 0) is 17.7 Å². The van der Waals surface area contributed by atoms with Crippen LogP contribution in [0.3, 0.4) is 0 Å². The molecule has 20 heavy (non-hydrogen) atoms. The van der Waals surface area contributed by atoms with Gasteiger partial charge in [0.15, 0.2) is 5.82 Å². The van der Waals surface area contributed by atoms with Crippen molar-refractivity contribution < 1.29 is 4.79 Å². The largest absolute Gasteiger partial charge is 0.309 e. The van der Waals surface area contributed by atoms with Gasteiger partial charge in [-0.2, -0.15) is 5.10 Å².